The molecule has 0 saturated heterocycles. The van der Waals surface area contributed by atoms with E-state index in [1.165, 1.54) is 0 Å². The van der Waals surface area contributed by atoms with Crippen LogP contribution in [0.1, 0.15) is 16.1 Å². The van der Waals surface area contributed by atoms with Crippen molar-refractivity contribution in [2.24, 2.45) is 0 Å². The second-order valence-corrected chi connectivity index (χ2v) is 4.31. The molecule has 0 atom stereocenters. The zero-order chi connectivity index (χ0) is 13.1. The van der Waals surface area contributed by atoms with Gasteiger partial charge in [0.15, 0.2) is 11.2 Å². The number of para-hydroxylation sites is 1. The van der Waals surface area contributed by atoms with Gasteiger partial charge in [0.05, 0.1) is 5.39 Å². The summed E-state index contributed by atoms with van der Waals surface area (Å²) in [7, 11) is 0. The smallest absolute Gasteiger partial charge is 0.287 e. The molecule has 0 radical (unpaired) electrons. The van der Waals surface area contributed by atoms with E-state index in [1.807, 2.05) is 0 Å². The zero-order valence-corrected chi connectivity index (χ0v) is 10.8. The minimum absolute atomic E-state index is 0.0699. The van der Waals surface area contributed by atoms with Crippen molar-refractivity contribution in [3.63, 3.8) is 0 Å². The van der Waals surface area contributed by atoms with Crippen molar-refractivity contribution in [3.8, 4) is 0 Å². The van der Waals surface area contributed by atoms with E-state index in [0.29, 0.717) is 28.8 Å². The molecule has 0 aliphatic carbocycles. The lowest BCUT2D eigenvalue weighted by atomic mass is 10.1. The summed E-state index contributed by atoms with van der Waals surface area (Å²) in [4.78, 5) is 23.9. The van der Waals surface area contributed by atoms with Gasteiger partial charge < -0.3 is 9.73 Å². The molecule has 0 saturated carbocycles. The molecule has 0 spiro atoms. The Morgan fingerprint density at radius 2 is 2.11 bits per heavy atom. The maximum atomic E-state index is 12.1. The van der Waals surface area contributed by atoms with Gasteiger partial charge in [-0.15, -0.1) is 0 Å². The van der Waals surface area contributed by atoms with Crippen LogP contribution >= 0.6 is 12.6 Å². The van der Waals surface area contributed by atoms with Crippen LogP contribution in [0, 0.1) is 6.92 Å². The number of carbonyl (C=O) groups excluding carboxylic acids is 1. The number of fused-ring (bicyclic) bond motifs is 1. The van der Waals surface area contributed by atoms with Crippen LogP contribution in [0.25, 0.3) is 11.0 Å². The molecule has 18 heavy (non-hydrogen) atoms. The van der Waals surface area contributed by atoms with Gasteiger partial charge in [0.2, 0.25) is 0 Å². The highest BCUT2D eigenvalue weighted by molar-refractivity contribution is 7.80. The largest absolute Gasteiger partial charge is 0.450 e. The van der Waals surface area contributed by atoms with E-state index in [2.05, 4.69) is 17.9 Å². The van der Waals surface area contributed by atoms with Crippen LogP contribution in [0.5, 0.6) is 0 Å². The van der Waals surface area contributed by atoms with Crippen molar-refractivity contribution in [2.45, 2.75) is 6.92 Å². The fraction of sp³-hybridized carbons (Fsp3) is 0.231. The van der Waals surface area contributed by atoms with Crippen molar-refractivity contribution in [2.75, 3.05) is 12.3 Å². The van der Waals surface area contributed by atoms with E-state index >= 15 is 0 Å². The Bertz CT molecular complexity index is 648. The lowest BCUT2D eigenvalue weighted by Crippen LogP contribution is -2.27. The molecule has 1 amide bonds. The molecule has 1 heterocycles. The summed E-state index contributed by atoms with van der Waals surface area (Å²) < 4.78 is 5.50. The van der Waals surface area contributed by atoms with E-state index in [9.17, 15) is 9.59 Å². The summed E-state index contributed by atoms with van der Waals surface area (Å²) in [6, 6.07) is 6.88. The Morgan fingerprint density at radius 1 is 1.39 bits per heavy atom. The molecule has 4 nitrogen and oxygen atoms in total. The van der Waals surface area contributed by atoms with E-state index in [0.717, 1.165) is 0 Å². The molecule has 0 fully saturated rings. The van der Waals surface area contributed by atoms with E-state index < -0.39 is 0 Å². The van der Waals surface area contributed by atoms with Gasteiger partial charge in [-0.3, -0.25) is 9.59 Å². The first-order valence-corrected chi connectivity index (χ1v) is 6.20. The number of amides is 1. The lowest BCUT2D eigenvalue weighted by Gasteiger charge is -2.06. The first-order chi connectivity index (χ1) is 8.65. The fourth-order valence-corrected chi connectivity index (χ4v) is 1.81. The summed E-state index contributed by atoms with van der Waals surface area (Å²) in [6.07, 6.45) is 0. The molecule has 0 aliphatic rings. The monoisotopic (exact) mass is 263 g/mol. The van der Waals surface area contributed by atoms with Crippen molar-refractivity contribution in [1.29, 1.82) is 0 Å². The topological polar surface area (TPSA) is 59.3 Å². The molecule has 1 aromatic carbocycles. The van der Waals surface area contributed by atoms with Crippen LogP contribution in [0.3, 0.4) is 0 Å². The van der Waals surface area contributed by atoms with Crippen molar-refractivity contribution in [1.82, 2.24) is 5.32 Å². The Balaban J connectivity index is 2.55. The van der Waals surface area contributed by atoms with Gasteiger partial charge >= 0.3 is 0 Å². The van der Waals surface area contributed by atoms with E-state index in [4.69, 9.17) is 4.42 Å². The molecule has 94 valence electrons. The van der Waals surface area contributed by atoms with Crippen LogP contribution in [0.2, 0.25) is 0 Å². The number of carbonyl (C=O) groups is 1. The Labute approximate surface area is 109 Å². The molecular weight excluding hydrogens is 250 g/mol. The average Bonchev–Trinajstić information content (AvgIpc) is 2.40. The molecule has 0 aliphatic heterocycles. The molecule has 2 rings (SSSR count). The number of benzene rings is 1. The predicted molar refractivity (Wildman–Crippen MR) is 73.4 cm³/mol. The third-order valence-electron chi connectivity index (χ3n) is 2.63. The summed E-state index contributed by atoms with van der Waals surface area (Å²) >= 11 is 4.01. The van der Waals surface area contributed by atoms with Gasteiger partial charge in [-0.05, 0) is 19.1 Å². The lowest BCUT2D eigenvalue weighted by molar-refractivity contribution is 0.0928. The standard InChI is InChI=1S/C13H13NO3S/c1-8-11(15)9-4-2-3-5-10(9)17-12(8)13(16)14-6-7-18/h2-5,18H,6-7H2,1H3,(H,14,16). The third-order valence-corrected chi connectivity index (χ3v) is 2.85. The second-order valence-electron chi connectivity index (χ2n) is 3.86. The maximum absolute atomic E-state index is 12.1. The second kappa shape index (κ2) is 5.27. The Morgan fingerprint density at radius 3 is 2.83 bits per heavy atom. The van der Waals surface area contributed by atoms with Crippen molar-refractivity contribution in [3.05, 3.63) is 45.8 Å². The molecule has 0 bridgehead atoms. The summed E-state index contributed by atoms with van der Waals surface area (Å²) in [5.41, 5.74) is 0.572. The van der Waals surface area contributed by atoms with Gasteiger partial charge in [-0.2, -0.15) is 12.6 Å². The number of hydrogen-bond acceptors (Lipinski definition) is 4. The van der Waals surface area contributed by atoms with Crippen LogP contribution < -0.4 is 10.7 Å². The Kier molecular flexibility index (Phi) is 3.72. The van der Waals surface area contributed by atoms with Gasteiger partial charge in [-0.25, -0.2) is 0 Å². The number of nitrogens with one attached hydrogen (secondary N) is 1. The van der Waals surface area contributed by atoms with Crippen LogP contribution in [0.4, 0.5) is 0 Å². The SMILES string of the molecule is Cc1c(C(=O)NCCS)oc2ccccc2c1=O. The minimum Gasteiger partial charge on any atom is -0.450 e. The van der Waals surface area contributed by atoms with Crippen LogP contribution in [-0.4, -0.2) is 18.2 Å². The van der Waals surface area contributed by atoms with Gasteiger partial charge in [0, 0.05) is 17.9 Å². The first kappa shape index (κ1) is 12.7. The highest BCUT2D eigenvalue weighted by Gasteiger charge is 2.16. The molecule has 1 N–H and O–H groups in total. The fourth-order valence-electron chi connectivity index (χ4n) is 1.70. The zero-order valence-electron chi connectivity index (χ0n) is 9.90. The summed E-state index contributed by atoms with van der Waals surface area (Å²) in [5.74, 6) is 0.215. The minimum atomic E-state index is -0.385. The van der Waals surface area contributed by atoms with Crippen LogP contribution in [0.15, 0.2) is 33.5 Å². The van der Waals surface area contributed by atoms with E-state index in [-0.39, 0.29) is 17.1 Å². The van der Waals surface area contributed by atoms with Crippen molar-refractivity contribution >= 4 is 29.5 Å². The van der Waals surface area contributed by atoms with Crippen molar-refractivity contribution < 1.29 is 9.21 Å². The average molecular weight is 263 g/mol. The normalized spacial score (nSPS) is 10.6. The predicted octanol–water partition coefficient (Wildman–Crippen LogP) is 1.76. The highest BCUT2D eigenvalue weighted by atomic mass is 32.1. The summed E-state index contributed by atoms with van der Waals surface area (Å²) in [6.45, 7) is 2.02. The van der Waals surface area contributed by atoms with Crippen LogP contribution in [-0.2, 0) is 0 Å². The molecule has 0 unspecified atom stereocenters. The van der Waals surface area contributed by atoms with Gasteiger partial charge in [-0.1, -0.05) is 12.1 Å². The maximum Gasteiger partial charge on any atom is 0.287 e. The van der Waals surface area contributed by atoms with Gasteiger partial charge in [0.1, 0.15) is 5.58 Å². The third kappa shape index (κ3) is 2.26. The number of rotatable bonds is 3. The molecule has 1 aromatic heterocycles. The Hall–Kier alpha value is -1.75. The van der Waals surface area contributed by atoms with Gasteiger partial charge in [0.25, 0.3) is 5.91 Å². The first-order valence-electron chi connectivity index (χ1n) is 5.56. The van der Waals surface area contributed by atoms with E-state index in [1.54, 1.807) is 31.2 Å². The molecule has 5 heteroatoms. The summed E-state index contributed by atoms with van der Waals surface area (Å²) in [5, 5.41) is 3.12. The molecule has 2 aromatic rings. The highest BCUT2D eigenvalue weighted by Crippen LogP contribution is 2.14. The number of hydrogen-bond donors (Lipinski definition) is 2. The number of thiol groups is 1. The molecular formula is C13H13NO3S. The quantitative estimate of drug-likeness (QED) is 0.830.